The molecule has 2 aromatic rings. The number of carbonyl (C=O) groups excluding carboxylic acids is 2. The first kappa shape index (κ1) is 13.8. The summed E-state index contributed by atoms with van der Waals surface area (Å²) >= 11 is 8.98. The van der Waals surface area contributed by atoms with Crippen molar-refractivity contribution in [2.75, 3.05) is 0 Å². The van der Waals surface area contributed by atoms with Crippen molar-refractivity contribution in [2.45, 2.75) is 0 Å². The zero-order valence-corrected chi connectivity index (χ0v) is 11.9. The number of halogens is 2. The van der Waals surface area contributed by atoms with Gasteiger partial charge >= 0.3 is 5.97 Å². The third kappa shape index (κ3) is 3.43. The maximum absolute atomic E-state index is 11.9. The second-order valence-electron chi connectivity index (χ2n) is 3.70. The number of hydrogen-bond donors (Lipinski definition) is 0. The fourth-order valence-electron chi connectivity index (χ4n) is 1.45. The lowest BCUT2D eigenvalue weighted by Gasteiger charge is -2.07. The average molecular weight is 340 g/mol. The van der Waals surface area contributed by atoms with Gasteiger partial charge in [-0.05, 0) is 42.5 Å². The fraction of sp³-hybridized carbons (Fsp3) is 0. The molecule has 96 valence electrons. The van der Waals surface area contributed by atoms with Crippen molar-refractivity contribution >= 4 is 39.8 Å². The molecule has 0 aliphatic rings. The number of carbonyl (C=O) groups is 2. The van der Waals surface area contributed by atoms with Gasteiger partial charge in [0.05, 0.1) is 11.1 Å². The summed E-state index contributed by atoms with van der Waals surface area (Å²) in [4.78, 5) is 22.8. The molecule has 0 aromatic heterocycles. The lowest BCUT2D eigenvalue weighted by molar-refractivity contribution is 0.0733. The predicted octanol–water partition coefficient (Wildman–Crippen LogP) is 4.13. The van der Waals surface area contributed by atoms with E-state index in [4.69, 9.17) is 16.3 Å². The Hall–Kier alpha value is -1.65. The van der Waals surface area contributed by atoms with Gasteiger partial charge in [-0.2, -0.15) is 0 Å². The largest absolute Gasteiger partial charge is 0.422 e. The number of aldehydes is 1. The van der Waals surface area contributed by atoms with E-state index in [1.807, 2.05) is 0 Å². The Bertz CT molecular complexity index is 623. The molecule has 0 unspecified atom stereocenters. The van der Waals surface area contributed by atoms with Crippen LogP contribution in [0.3, 0.4) is 0 Å². The molecule has 2 aromatic carbocycles. The van der Waals surface area contributed by atoms with E-state index >= 15 is 0 Å². The van der Waals surface area contributed by atoms with Crippen LogP contribution in [-0.4, -0.2) is 12.3 Å². The van der Waals surface area contributed by atoms with Crippen LogP contribution in [0.25, 0.3) is 0 Å². The van der Waals surface area contributed by atoms with Gasteiger partial charge in [0.15, 0.2) is 6.29 Å². The predicted molar refractivity (Wildman–Crippen MR) is 75.9 cm³/mol. The van der Waals surface area contributed by atoms with Gasteiger partial charge in [-0.1, -0.05) is 27.5 Å². The van der Waals surface area contributed by atoms with Crippen LogP contribution in [0.2, 0.25) is 5.02 Å². The maximum Gasteiger partial charge on any atom is 0.343 e. The second-order valence-corrected chi connectivity index (χ2v) is 5.05. The second kappa shape index (κ2) is 5.99. The zero-order valence-electron chi connectivity index (χ0n) is 9.60. The third-order valence-electron chi connectivity index (χ3n) is 2.38. The van der Waals surface area contributed by atoms with Crippen molar-refractivity contribution in [3.8, 4) is 5.75 Å². The molecule has 0 saturated heterocycles. The van der Waals surface area contributed by atoms with E-state index in [1.165, 1.54) is 0 Å². The van der Waals surface area contributed by atoms with E-state index in [1.54, 1.807) is 42.5 Å². The highest BCUT2D eigenvalue weighted by Crippen LogP contribution is 2.23. The molecule has 0 N–H and O–H groups in total. The quantitative estimate of drug-likeness (QED) is 0.480. The molecule has 0 heterocycles. The Kier molecular flexibility index (Phi) is 4.35. The fourth-order valence-corrected chi connectivity index (χ4v) is 1.95. The minimum Gasteiger partial charge on any atom is -0.422 e. The Morgan fingerprint density at radius 2 is 1.84 bits per heavy atom. The number of ether oxygens (including phenoxy) is 1. The van der Waals surface area contributed by atoms with Gasteiger partial charge in [0.2, 0.25) is 0 Å². The number of benzene rings is 2. The monoisotopic (exact) mass is 338 g/mol. The van der Waals surface area contributed by atoms with E-state index in [2.05, 4.69) is 15.9 Å². The molecule has 19 heavy (non-hydrogen) atoms. The van der Waals surface area contributed by atoms with Crippen LogP contribution in [0, 0.1) is 0 Å². The lowest BCUT2D eigenvalue weighted by atomic mass is 10.2. The van der Waals surface area contributed by atoms with Gasteiger partial charge in [-0.15, -0.1) is 0 Å². The van der Waals surface area contributed by atoms with E-state index in [9.17, 15) is 9.59 Å². The third-order valence-corrected chi connectivity index (χ3v) is 3.13. The van der Waals surface area contributed by atoms with Crippen LogP contribution in [-0.2, 0) is 0 Å². The van der Waals surface area contributed by atoms with Gasteiger partial charge in [0.1, 0.15) is 5.75 Å². The molecule has 0 spiro atoms. The smallest absolute Gasteiger partial charge is 0.343 e. The summed E-state index contributed by atoms with van der Waals surface area (Å²) in [5.74, 6) is -0.319. The minimum atomic E-state index is -0.540. The van der Waals surface area contributed by atoms with Crippen LogP contribution < -0.4 is 4.74 Å². The van der Waals surface area contributed by atoms with Crippen molar-refractivity contribution in [3.05, 3.63) is 63.1 Å². The summed E-state index contributed by atoms with van der Waals surface area (Å²) in [6.07, 6.45) is 0.634. The number of hydrogen-bond acceptors (Lipinski definition) is 3. The van der Waals surface area contributed by atoms with Crippen LogP contribution >= 0.6 is 27.5 Å². The molecule has 0 bridgehead atoms. The molecular formula is C14H8BrClO3. The van der Waals surface area contributed by atoms with E-state index in [0.29, 0.717) is 22.4 Å². The normalized spacial score (nSPS) is 10.0. The molecule has 0 atom stereocenters. The summed E-state index contributed by atoms with van der Waals surface area (Å²) in [6, 6.07) is 11.1. The van der Waals surface area contributed by atoms with Crippen molar-refractivity contribution < 1.29 is 14.3 Å². The Morgan fingerprint density at radius 1 is 1.16 bits per heavy atom. The zero-order chi connectivity index (χ0) is 13.8. The van der Waals surface area contributed by atoms with Crippen LogP contribution in [0.15, 0.2) is 46.9 Å². The maximum atomic E-state index is 11.9. The summed E-state index contributed by atoms with van der Waals surface area (Å²) in [6.45, 7) is 0. The molecule has 0 radical (unpaired) electrons. The Morgan fingerprint density at radius 3 is 2.47 bits per heavy atom. The topological polar surface area (TPSA) is 43.4 Å². The first-order valence-corrected chi connectivity index (χ1v) is 6.50. The van der Waals surface area contributed by atoms with Gasteiger partial charge in [-0.25, -0.2) is 4.79 Å². The number of esters is 1. The van der Waals surface area contributed by atoms with Gasteiger partial charge in [-0.3, -0.25) is 4.79 Å². The molecule has 0 fully saturated rings. The molecular weight excluding hydrogens is 332 g/mol. The van der Waals surface area contributed by atoms with Crippen LogP contribution in [0.4, 0.5) is 0 Å². The summed E-state index contributed by atoms with van der Waals surface area (Å²) in [5, 5.41) is 0.536. The van der Waals surface area contributed by atoms with Gasteiger partial charge in [0, 0.05) is 9.50 Å². The Labute approximate surface area is 123 Å². The first-order chi connectivity index (χ1) is 9.10. The molecule has 2 rings (SSSR count). The van der Waals surface area contributed by atoms with E-state index < -0.39 is 5.97 Å². The van der Waals surface area contributed by atoms with E-state index in [0.717, 1.165) is 4.47 Å². The molecule has 0 saturated carbocycles. The first-order valence-electron chi connectivity index (χ1n) is 5.32. The van der Waals surface area contributed by atoms with Gasteiger partial charge < -0.3 is 4.74 Å². The van der Waals surface area contributed by atoms with E-state index in [-0.39, 0.29) is 5.75 Å². The Balaban J connectivity index is 2.23. The highest BCUT2D eigenvalue weighted by atomic mass is 79.9. The molecule has 0 amide bonds. The molecule has 0 aliphatic heterocycles. The van der Waals surface area contributed by atoms with Crippen molar-refractivity contribution in [2.24, 2.45) is 0 Å². The molecule has 3 nitrogen and oxygen atoms in total. The van der Waals surface area contributed by atoms with Gasteiger partial charge in [0.25, 0.3) is 0 Å². The standard InChI is InChI=1S/C14H8BrClO3/c15-11-3-6-13(10(7-11)8-17)19-14(18)9-1-4-12(16)5-2-9/h1-8H. The summed E-state index contributed by atoms with van der Waals surface area (Å²) < 4.78 is 5.92. The van der Waals surface area contributed by atoms with Crippen molar-refractivity contribution in [3.63, 3.8) is 0 Å². The summed E-state index contributed by atoms with van der Waals surface area (Å²) in [5.41, 5.74) is 0.667. The number of rotatable bonds is 3. The highest BCUT2D eigenvalue weighted by Gasteiger charge is 2.11. The average Bonchev–Trinajstić information content (AvgIpc) is 2.41. The van der Waals surface area contributed by atoms with Crippen LogP contribution in [0.5, 0.6) is 5.75 Å². The van der Waals surface area contributed by atoms with Crippen LogP contribution in [0.1, 0.15) is 20.7 Å². The van der Waals surface area contributed by atoms with Crippen molar-refractivity contribution in [1.82, 2.24) is 0 Å². The van der Waals surface area contributed by atoms with Crippen molar-refractivity contribution in [1.29, 1.82) is 0 Å². The lowest BCUT2D eigenvalue weighted by Crippen LogP contribution is -2.09. The highest BCUT2D eigenvalue weighted by molar-refractivity contribution is 9.10. The SMILES string of the molecule is O=Cc1cc(Br)ccc1OC(=O)c1ccc(Cl)cc1. The minimum absolute atomic E-state index is 0.221. The molecule has 0 aliphatic carbocycles. The molecule has 5 heteroatoms. The summed E-state index contributed by atoms with van der Waals surface area (Å²) in [7, 11) is 0.